The third kappa shape index (κ3) is 3.66. The lowest BCUT2D eigenvalue weighted by atomic mass is 10.1. The van der Waals surface area contributed by atoms with Gasteiger partial charge in [-0.05, 0) is 13.3 Å². The van der Waals surface area contributed by atoms with Crippen molar-refractivity contribution >= 4 is 28.0 Å². The number of rotatable bonds is 2. The minimum Gasteiger partial charge on any atom is -0.459 e. The van der Waals surface area contributed by atoms with E-state index in [4.69, 9.17) is 9.47 Å². The van der Waals surface area contributed by atoms with Crippen molar-refractivity contribution in [2.24, 2.45) is 0 Å². The molecule has 0 saturated carbocycles. The molecule has 0 aromatic carbocycles. The molecule has 2 unspecified atom stereocenters. The maximum Gasteiger partial charge on any atom is 0.409 e. The Morgan fingerprint density at radius 1 is 1.50 bits per heavy atom. The van der Waals surface area contributed by atoms with Crippen LogP contribution >= 0.6 is 15.9 Å². The van der Waals surface area contributed by atoms with Gasteiger partial charge >= 0.3 is 12.1 Å². The Balaban J connectivity index is 2.52. The van der Waals surface area contributed by atoms with Crippen molar-refractivity contribution in [3.63, 3.8) is 0 Å². The molecule has 0 aromatic rings. The predicted octanol–water partition coefficient (Wildman–Crippen LogP) is 1.54. The van der Waals surface area contributed by atoms with Crippen LogP contribution in [0.1, 0.15) is 20.3 Å². The van der Waals surface area contributed by atoms with E-state index in [0.29, 0.717) is 19.7 Å². The molecule has 16 heavy (non-hydrogen) atoms. The van der Waals surface area contributed by atoms with E-state index in [9.17, 15) is 9.59 Å². The zero-order valence-electron chi connectivity index (χ0n) is 9.44. The molecule has 1 rings (SSSR count). The van der Waals surface area contributed by atoms with Gasteiger partial charge in [-0.2, -0.15) is 0 Å². The van der Waals surface area contributed by atoms with Crippen molar-refractivity contribution in [3.05, 3.63) is 0 Å². The second kappa shape index (κ2) is 6.08. The number of likely N-dealkylation sites (tertiary alicyclic amines) is 1. The van der Waals surface area contributed by atoms with Crippen LogP contribution in [0.5, 0.6) is 0 Å². The summed E-state index contributed by atoms with van der Waals surface area (Å²) in [4.78, 5) is 24.0. The molecule has 0 aliphatic carbocycles. The number of hydrogen-bond donors (Lipinski definition) is 0. The fourth-order valence-corrected chi connectivity index (χ4v) is 2.07. The Labute approximate surface area is 103 Å². The number of amides is 1. The van der Waals surface area contributed by atoms with Gasteiger partial charge in [-0.25, -0.2) is 4.79 Å². The molecule has 0 spiro atoms. The third-order valence-corrected chi connectivity index (χ3v) is 3.37. The van der Waals surface area contributed by atoms with Gasteiger partial charge in [-0.15, -0.1) is 0 Å². The summed E-state index contributed by atoms with van der Waals surface area (Å²) < 4.78 is 10.0. The molecule has 1 heterocycles. The summed E-state index contributed by atoms with van der Waals surface area (Å²) in [6.07, 6.45) is 0.103. The van der Waals surface area contributed by atoms with Crippen LogP contribution in [0.25, 0.3) is 0 Å². The molecule has 0 aromatic heterocycles. The molecule has 5 nitrogen and oxygen atoms in total. The van der Waals surface area contributed by atoms with Gasteiger partial charge in [-0.3, -0.25) is 4.79 Å². The first-order valence-electron chi connectivity index (χ1n) is 5.27. The molecule has 1 fully saturated rings. The molecule has 0 N–H and O–H groups in total. The Morgan fingerprint density at radius 3 is 2.75 bits per heavy atom. The number of esters is 1. The predicted molar refractivity (Wildman–Crippen MR) is 61.5 cm³/mol. The second-order valence-corrected chi connectivity index (χ2v) is 4.77. The molecule has 1 aliphatic rings. The minimum atomic E-state index is -0.348. The maximum atomic E-state index is 11.5. The topological polar surface area (TPSA) is 55.8 Å². The molecule has 1 aliphatic heterocycles. The molecule has 92 valence electrons. The van der Waals surface area contributed by atoms with E-state index in [-0.39, 0.29) is 23.0 Å². The van der Waals surface area contributed by atoms with Gasteiger partial charge < -0.3 is 14.4 Å². The standard InChI is InChI=1S/C10H16BrNO4/c1-3-15-10(14)12-5-4-8(11)9(6-12)16-7(2)13/h8-9H,3-6H2,1-2H3. The first-order valence-corrected chi connectivity index (χ1v) is 6.19. The summed E-state index contributed by atoms with van der Waals surface area (Å²) in [5.41, 5.74) is 0. The molecular weight excluding hydrogens is 278 g/mol. The zero-order chi connectivity index (χ0) is 12.1. The van der Waals surface area contributed by atoms with Crippen molar-refractivity contribution in [1.29, 1.82) is 0 Å². The zero-order valence-corrected chi connectivity index (χ0v) is 11.0. The SMILES string of the molecule is CCOC(=O)N1CCC(Br)C(OC(C)=O)C1. The molecular formula is C10H16BrNO4. The Morgan fingerprint density at radius 2 is 2.19 bits per heavy atom. The average molecular weight is 294 g/mol. The highest BCUT2D eigenvalue weighted by molar-refractivity contribution is 9.09. The number of ether oxygens (including phenoxy) is 2. The summed E-state index contributed by atoms with van der Waals surface area (Å²) in [5, 5.41) is 0. The van der Waals surface area contributed by atoms with E-state index in [1.165, 1.54) is 6.92 Å². The molecule has 0 bridgehead atoms. The highest BCUT2D eigenvalue weighted by atomic mass is 79.9. The number of alkyl halides is 1. The van der Waals surface area contributed by atoms with Crippen molar-refractivity contribution < 1.29 is 19.1 Å². The Kier molecular flexibility index (Phi) is 5.05. The minimum absolute atomic E-state index is 0.0991. The van der Waals surface area contributed by atoms with E-state index < -0.39 is 0 Å². The van der Waals surface area contributed by atoms with Crippen LogP contribution in [-0.4, -0.2) is 47.6 Å². The third-order valence-electron chi connectivity index (χ3n) is 2.32. The van der Waals surface area contributed by atoms with Gasteiger partial charge in [-0.1, -0.05) is 15.9 Å². The summed E-state index contributed by atoms with van der Waals surface area (Å²) in [7, 11) is 0. The lowest BCUT2D eigenvalue weighted by molar-refractivity contribution is -0.148. The van der Waals surface area contributed by atoms with Crippen LogP contribution in [0.15, 0.2) is 0 Å². The maximum absolute atomic E-state index is 11.5. The van der Waals surface area contributed by atoms with Crippen LogP contribution in [0.3, 0.4) is 0 Å². The summed E-state index contributed by atoms with van der Waals surface area (Å²) in [6.45, 7) is 4.48. The molecule has 1 saturated heterocycles. The monoisotopic (exact) mass is 293 g/mol. The van der Waals surface area contributed by atoms with Gasteiger partial charge in [0, 0.05) is 13.5 Å². The lowest BCUT2D eigenvalue weighted by Crippen LogP contribution is -2.48. The molecule has 6 heteroatoms. The number of carbonyl (C=O) groups excluding carboxylic acids is 2. The summed E-state index contributed by atoms with van der Waals surface area (Å²) in [6, 6.07) is 0. The largest absolute Gasteiger partial charge is 0.459 e. The van der Waals surface area contributed by atoms with E-state index in [1.807, 2.05) is 0 Å². The number of piperidine rings is 1. The van der Waals surface area contributed by atoms with Crippen molar-refractivity contribution in [3.8, 4) is 0 Å². The van der Waals surface area contributed by atoms with Gasteiger partial charge in [0.05, 0.1) is 18.0 Å². The van der Waals surface area contributed by atoms with Crippen LogP contribution in [0, 0.1) is 0 Å². The molecule has 2 atom stereocenters. The van der Waals surface area contributed by atoms with Crippen LogP contribution in [-0.2, 0) is 14.3 Å². The van der Waals surface area contributed by atoms with Gasteiger partial charge in [0.2, 0.25) is 0 Å². The normalized spacial score (nSPS) is 25.1. The average Bonchev–Trinajstić information content (AvgIpc) is 2.21. The number of hydrogen-bond acceptors (Lipinski definition) is 4. The van der Waals surface area contributed by atoms with Crippen LogP contribution < -0.4 is 0 Å². The lowest BCUT2D eigenvalue weighted by Gasteiger charge is -2.34. The first-order chi connectivity index (χ1) is 7.54. The number of carbonyl (C=O) groups is 2. The van der Waals surface area contributed by atoms with Crippen molar-refractivity contribution in [2.45, 2.75) is 31.2 Å². The quantitative estimate of drug-likeness (QED) is 0.572. The van der Waals surface area contributed by atoms with Crippen LogP contribution in [0.2, 0.25) is 0 Å². The Bertz CT molecular complexity index is 272. The molecule has 0 radical (unpaired) electrons. The van der Waals surface area contributed by atoms with E-state index in [2.05, 4.69) is 15.9 Å². The number of nitrogens with zero attached hydrogens (tertiary/aromatic N) is 1. The van der Waals surface area contributed by atoms with Crippen molar-refractivity contribution in [2.75, 3.05) is 19.7 Å². The van der Waals surface area contributed by atoms with E-state index >= 15 is 0 Å². The van der Waals surface area contributed by atoms with Gasteiger partial charge in [0.15, 0.2) is 0 Å². The van der Waals surface area contributed by atoms with Gasteiger partial charge in [0.1, 0.15) is 6.10 Å². The summed E-state index contributed by atoms with van der Waals surface area (Å²) in [5.74, 6) is -0.333. The highest BCUT2D eigenvalue weighted by Crippen LogP contribution is 2.21. The fraction of sp³-hybridized carbons (Fsp3) is 0.800. The number of halogens is 1. The van der Waals surface area contributed by atoms with Crippen LogP contribution in [0.4, 0.5) is 4.79 Å². The fourth-order valence-electron chi connectivity index (χ4n) is 1.59. The smallest absolute Gasteiger partial charge is 0.409 e. The first kappa shape index (κ1) is 13.3. The van der Waals surface area contributed by atoms with Crippen molar-refractivity contribution in [1.82, 2.24) is 4.90 Å². The van der Waals surface area contributed by atoms with E-state index in [0.717, 1.165) is 6.42 Å². The second-order valence-electron chi connectivity index (χ2n) is 3.60. The van der Waals surface area contributed by atoms with Gasteiger partial charge in [0.25, 0.3) is 0 Å². The van der Waals surface area contributed by atoms with E-state index in [1.54, 1.807) is 11.8 Å². The summed E-state index contributed by atoms with van der Waals surface area (Å²) >= 11 is 3.44. The highest BCUT2D eigenvalue weighted by Gasteiger charge is 2.32. The Hall–Kier alpha value is -0.780. The molecule has 1 amide bonds.